The van der Waals surface area contributed by atoms with E-state index in [1.165, 1.54) is 0 Å². The quantitative estimate of drug-likeness (QED) is 0.841. The fraction of sp³-hybridized carbons (Fsp3) is 0.556. The van der Waals surface area contributed by atoms with Crippen LogP contribution in [0.25, 0.3) is 0 Å². The standard InChI is InChI=1S/C18H23N3O3S/c1-14-2-3-15(24-14)17(22)21-7-4-18(5-8-21)13-20(9-10-23-18)12-16-19-6-11-25-16/h2-3,6,11H,4-5,7-10,12-13H2,1H3. The van der Waals surface area contributed by atoms with E-state index in [4.69, 9.17) is 9.15 Å². The first kappa shape index (κ1) is 16.8. The Labute approximate surface area is 151 Å². The van der Waals surface area contributed by atoms with Gasteiger partial charge in [-0.05, 0) is 31.9 Å². The minimum absolute atomic E-state index is 0.0154. The molecule has 2 fully saturated rings. The summed E-state index contributed by atoms with van der Waals surface area (Å²) in [5, 5.41) is 3.17. The fourth-order valence-corrected chi connectivity index (χ4v) is 4.36. The summed E-state index contributed by atoms with van der Waals surface area (Å²) in [6, 6.07) is 3.59. The minimum Gasteiger partial charge on any atom is -0.456 e. The van der Waals surface area contributed by atoms with Crippen LogP contribution in [0, 0.1) is 6.92 Å². The normalized spacial score (nSPS) is 20.9. The highest BCUT2D eigenvalue weighted by atomic mass is 32.1. The number of aromatic nitrogens is 1. The maximum atomic E-state index is 12.5. The molecule has 4 rings (SSSR count). The molecule has 2 aliphatic heterocycles. The van der Waals surface area contributed by atoms with Gasteiger partial charge in [0.05, 0.1) is 18.8 Å². The maximum absolute atomic E-state index is 12.5. The van der Waals surface area contributed by atoms with Crippen LogP contribution >= 0.6 is 11.3 Å². The smallest absolute Gasteiger partial charge is 0.289 e. The van der Waals surface area contributed by atoms with Crippen LogP contribution in [0.15, 0.2) is 28.1 Å². The second-order valence-electron chi connectivity index (χ2n) is 6.87. The molecule has 2 aromatic heterocycles. The van der Waals surface area contributed by atoms with E-state index in [0.717, 1.165) is 49.9 Å². The molecule has 0 N–H and O–H groups in total. The van der Waals surface area contributed by atoms with Crippen molar-refractivity contribution in [3.8, 4) is 0 Å². The lowest BCUT2D eigenvalue weighted by Gasteiger charge is -2.47. The first-order chi connectivity index (χ1) is 12.1. The Bertz CT molecular complexity index is 720. The largest absolute Gasteiger partial charge is 0.456 e. The number of thiazole rings is 1. The highest BCUT2D eigenvalue weighted by Crippen LogP contribution is 2.31. The summed E-state index contributed by atoms with van der Waals surface area (Å²) in [5.74, 6) is 1.19. The SMILES string of the molecule is Cc1ccc(C(=O)N2CCC3(CC2)CN(Cc2nccs2)CCO3)o1. The van der Waals surface area contributed by atoms with Crippen LogP contribution in [0.2, 0.25) is 0 Å². The number of nitrogens with zero attached hydrogens (tertiary/aromatic N) is 3. The van der Waals surface area contributed by atoms with E-state index < -0.39 is 0 Å². The summed E-state index contributed by atoms with van der Waals surface area (Å²) in [7, 11) is 0. The summed E-state index contributed by atoms with van der Waals surface area (Å²) in [6.07, 6.45) is 3.59. The van der Waals surface area contributed by atoms with Crippen LogP contribution in [0.3, 0.4) is 0 Å². The van der Waals surface area contributed by atoms with Crippen molar-refractivity contribution < 1.29 is 13.9 Å². The molecule has 2 aromatic rings. The molecule has 25 heavy (non-hydrogen) atoms. The van der Waals surface area contributed by atoms with Crippen LogP contribution in [0.4, 0.5) is 0 Å². The molecule has 1 amide bonds. The van der Waals surface area contributed by atoms with Crippen molar-refractivity contribution >= 4 is 17.2 Å². The number of morpholine rings is 1. The van der Waals surface area contributed by atoms with Gasteiger partial charge in [-0.15, -0.1) is 11.3 Å². The number of hydrogen-bond acceptors (Lipinski definition) is 6. The van der Waals surface area contributed by atoms with Crippen molar-refractivity contribution in [2.75, 3.05) is 32.8 Å². The molecule has 134 valence electrons. The second kappa shape index (κ2) is 6.90. The Morgan fingerprint density at radius 2 is 2.16 bits per heavy atom. The Kier molecular flexibility index (Phi) is 4.62. The zero-order chi connectivity index (χ0) is 17.3. The van der Waals surface area contributed by atoms with Gasteiger partial charge >= 0.3 is 0 Å². The lowest BCUT2D eigenvalue weighted by Crippen LogP contribution is -2.57. The van der Waals surface area contributed by atoms with Crippen molar-refractivity contribution in [2.24, 2.45) is 0 Å². The number of furan rings is 1. The van der Waals surface area contributed by atoms with Gasteiger partial charge in [-0.25, -0.2) is 4.98 Å². The maximum Gasteiger partial charge on any atom is 0.289 e. The summed E-state index contributed by atoms with van der Waals surface area (Å²) in [5.41, 5.74) is -0.134. The van der Waals surface area contributed by atoms with Crippen molar-refractivity contribution in [3.05, 3.63) is 40.2 Å². The van der Waals surface area contributed by atoms with E-state index in [1.54, 1.807) is 17.4 Å². The average Bonchev–Trinajstić information content (AvgIpc) is 3.27. The van der Waals surface area contributed by atoms with Crippen LogP contribution in [0.1, 0.15) is 34.2 Å². The van der Waals surface area contributed by atoms with Crippen molar-refractivity contribution in [2.45, 2.75) is 31.9 Å². The second-order valence-corrected chi connectivity index (χ2v) is 7.85. The third-order valence-corrected chi connectivity index (χ3v) is 5.85. The summed E-state index contributed by atoms with van der Waals surface area (Å²) in [6.45, 7) is 6.76. The molecular formula is C18H23N3O3S. The molecule has 4 heterocycles. The molecule has 0 saturated carbocycles. The molecule has 0 aromatic carbocycles. The number of aryl methyl sites for hydroxylation is 1. The molecule has 0 atom stereocenters. The van der Waals surface area contributed by atoms with Gasteiger partial charge in [0.2, 0.25) is 0 Å². The van der Waals surface area contributed by atoms with Gasteiger partial charge in [0, 0.05) is 37.8 Å². The minimum atomic E-state index is -0.134. The number of rotatable bonds is 3. The lowest BCUT2D eigenvalue weighted by molar-refractivity contribution is -0.134. The summed E-state index contributed by atoms with van der Waals surface area (Å²) in [4.78, 5) is 21.2. The van der Waals surface area contributed by atoms with E-state index >= 15 is 0 Å². The number of piperidine rings is 1. The zero-order valence-electron chi connectivity index (χ0n) is 14.4. The lowest BCUT2D eigenvalue weighted by atomic mass is 9.89. The molecule has 7 heteroatoms. The van der Waals surface area contributed by atoms with Gasteiger partial charge in [0.1, 0.15) is 10.8 Å². The van der Waals surface area contributed by atoms with E-state index in [1.807, 2.05) is 29.5 Å². The number of amides is 1. The molecule has 0 bridgehead atoms. The van der Waals surface area contributed by atoms with Crippen molar-refractivity contribution in [3.63, 3.8) is 0 Å². The molecule has 0 radical (unpaired) electrons. The van der Waals surface area contributed by atoms with Crippen LogP contribution in [-0.4, -0.2) is 59.1 Å². The van der Waals surface area contributed by atoms with E-state index in [-0.39, 0.29) is 11.5 Å². The molecule has 6 nitrogen and oxygen atoms in total. The number of carbonyl (C=O) groups is 1. The van der Waals surface area contributed by atoms with Crippen LogP contribution in [-0.2, 0) is 11.3 Å². The number of carbonyl (C=O) groups excluding carboxylic acids is 1. The Morgan fingerprint density at radius 3 is 2.84 bits per heavy atom. The average molecular weight is 361 g/mol. The highest BCUT2D eigenvalue weighted by molar-refractivity contribution is 7.09. The highest BCUT2D eigenvalue weighted by Gasteiger charge is 2.41. The van der Waals surface area contributed by atoms with Gasteiger partial charge in [0.25, 0.3) is 5.91 Å². The monoisotopic (exact) mass is 361 g/mol. The molecule has 2 aliphatic rings. The third-order valence-electron chi connectivity index (χ3n) is 5.08. The Hall–Kier alpha value is -1.70. The first-order valence-corrected chi connectivity index (χ1v) is 9.62. The van der Waals surface area contributed by atoms with Gasteiger partial charge in [-0.3, -0.25) is 9.69 Å². The summed E-state index contributed by atoms with van der Waals surface area (Å²) >= 11 is 1.70. The summed E-state index contributed by atoms with van der Waals surface area (Å²) < 4.78 is 11.6. The van der Waals surface area contributed by atoms with Gasteiger partial charge in [-0.2, -0.15) is 0 Å². The Balaban J connectivity index is 1.36. The van der Waals surface area contributed by atoms with E-state index in [0.29, 0.717) is 18.8 Å². The van der Waals surface area contributed by atoms with Gasteiger partial charge in [-0.1, -0.05) is 0 Å². The van der Waals surface area contributed by atoms with Gasteiger partial charge in [0.15, 0.2) is 5.76 Å². The fourth-order valence-electron chi connectivity index (χ4n) is 3.71. The predicted octanol–water partition coefficient (Wildman–Crippen LogP) is 2.55. The van der Waals surface area contributed by atoms with Crippen LogP contribution < -0.4 is 0 Å². The predicted molar refractivity (Wildman–Crippen MR) is 94.7 cm³/mol. The molecular weight excluding hydrogens is 338 g/mol. The van der Waals surface area contributed by atoms with Crippen LogP contribution in [0.5, 0.6) is 0 Å². The molecule has 2 saturated heterocycles. The number of hydrogen-bond donors (Lipinski definition) is 0. The number of ether oxygens (including phenoxy) is 1. The molecule has 0 aliphatic carbocycles. The van der Waals surface area contributed by atoms with E-state index in [2.05, 4.69) is 9.88 Å². The topological polar surface area (TPSA) is 58.8 Å². The molecule has 0 unspecified atom stereocenters. The van der Waals surface area contributed by atoms with Crippen molar-refractivity contribution in [1.29, 1.82) is 0 Å². The number of likely N-dealkylation sites (tertiary alicyclic amines) is 1. The Morgan fingerprint density at radius 1 is 1.32 bits per heavy atom. The van der Waals surface area contributed by atoms with Crippen molar-refractivity contribution in [1.82, 2.24) is 14.8 Å². The zero-order valence-corrected chi connectivity index (χ0v) is 15.3. The third kappa shape index (κ3) is 3.63. The first-order valence-electron chi connectivity index (χ1n) is 8.74. The molecule has 1 spiro atoms. The van der Waals surface area contributed by atoms with E-state index in [9.17, 15) is 4.79 Å². The van der Waals surface area contributed by atoms with Gasteiger partial charge < -0.3 is 14.1 Å².